The molecule has 10 nitrogen and oxygen atoms in total. The zero-order valence-corrected chi connectivity index (χ0v) is 28.0. The summed E-state index contributed by atoms with van der Waals surface area (Å²) in [7, 11) is 0. The molecule has 4 aliphatic rings. The van der Waals surface area contributed by atoms with Crippen molar-refractivity contribution in [2.24, 2.45) is 17.8 Å². The van der Waals surface area contributed by atoms with Gasteiger partial charge in [-0.15, -0.1) is 0 Å². The Kier molecular flexibility index (Phi) is 9.58. The van der Waals surface area contributed by atoms with Gasteiger partial charge in [0.05, 0.1) is 36.6 Å². The molecular formula is C38H45N3O7. The molecule has 2 aromatic rings. The summed E-state index contributed by atoms with van der Waals surface area (Å²) >= 11 is 0. The normalized spacial score (nSPS) is 30.4. The predicted octanol–water partition coefficient (Wildman–Crippen LogP) is 3.94. The minimum atomic E-state index is -1.48. The van der Waals surface area contributed by atoms with E-state index < -0.39 is 53.5 Å². The van der Waals surface area contributed by atoms with Crippen LogP contribution in [-0.2, 0) is 28.7 Å². The highest BCUT2D eigenvalue weighted by atomic mass is 16.5. The molecule has 0 aromatic heterocycles. The Labute approximate surface area is 281 Å². The van der Waals surface area contributed by atoms with E-state index in [9.17, 15) is 24.3 Å². The van der Waals surface area contributed by atoms with Crippen LogP contribution in [0, 0.1) is 31.6 Å². The van der Waals surface area contributed by atoms with Crippen LogP contribution in [0.3, 0.4) is 0 Å². The first kappa shape index (κ1) is 33.6. The van der Waals surface area contributed by atoms with E-state index in [1.54, 1.807) is 23.1 Å². The lowest BCUT2D eigenvalue weighted by molar-refractivity contribution is -0.147. The van der Waals surface area contributed by atoms with Gasteiger partial charge in [0, 0.05) is 18.7 Å². The Bertz CT molecular complexity index is 1620. The van der Waals surface area contributed by atoms with Gasteiger partial charge in [0.2, 0.25) is 11.8 Å². The summed E-state index contributed by atoms with van der Waals surface area (Å²) in [5.74, 6) is -3.46. The topological polar surface area (TPSA) is 125 Å². The number of hydrogen-bond acceptors (Lipinski definition) is 7. The first-order chi connectivity index (χ1) is 23.1. The number of allylic oxidation sites excluding steroid dienone is 1. The zero-order chi connectivity index (χ0) is 34.2. The monoisotopic (exact) mass is 655 g/mol. The summed E-state index contributed by atoms with van der Waals surface area (Å²) in [6.45, 7) is 7.76. The molecule has 7 atom stereocenters. The van der Waals surface area contributed by atoms with Crippen LogP contribution in [0.5, 0.6) is 0 Å². The van der Waals surface area contributed by atoms with Gasteiger partial charge in [-0.2, -0.15) is 0 Å². The average molecular weight is 656 g/mol. The van der Waals surface area contributed by atoms with Gasteiger partial charge in [-0.25, -0.2) is 0 Å². The molecule has 254 valence electrons. The lowest BCUT2D eigenvalue weighted by atomic mass is 9.77. The Morgan fingerprint density at radius 2 is 1.79 bits per heavy atom. The van der Waals surface area contributed by atoms with Gasteiger partial charge < -0.3 is 29.7 Å². The Morgan fingerprint density at radius 3 is 2.52 bits per heavy atom. The highest BCUT2D eigenvalue weighted by Crippen LogP contribution is 2.54. The number of anilines is 1. The summed E-state index contributed by atoms with van der Waals surface area (Å²) in [6, 6.07) is 12.7. The molecule has 4 heterocycles. The number of aryl methyl sites for hydroxylation is 2. The minimum Gasteiger partial charge on any atom is -0.463 e. The maximum Gasteiger partial charge on any atom is 0.306 e. The van der Waals surface area contributed by atoms with Crippen LogP contribution in [0.4, 0.5) is 5.69 Å². The highest BCUT2D eigenvalue weighted by Gasteiger charge is 2.72. The van der Waals surface area contributed by atoms with E-state index >= 15 is 0 Å². The first-order valence-corrected chi connectivity index (χ1v) is 16.9. The van der Waals surface area contributed by atoms with Crippen LogP contribution in [0.25, 0.3) is 0 Å². The summed E-state index contributed by atoms with van der Waals surface area (Å²) in [4.78, 5) is 60.0. The summed E-state index contributed by atoms with van der Waals surface area (Å²) < 4.78 is 12.4. The molecule has 4 aliphatic heterocycles. The quantitative estimate of drug-likeness (QED) is 0.357. The van der Waals surface area contributed by atoms with Gasteiger partial charge in [0.15, 0.2) is 0 Å². The third kappa shape index (κ3) is 6.07. The van der Waals surface area contributed by atoms with Gasteiger partial charge in [-0.3, -0.25) is 19.2 Å². The van der Waals surface area contributed by atoms with E-state index in [0.717, 1.165) is 22.4 Å². The number of carbonyl (C=O) groups excluding carboxylic acids is 4. The molecule has 6 rings (SSSR count). The van der Waals surface area contributed by atoms with Crippen molar-refractivity contribution in [1.82, 2.24) is 10.2 Å². The molecule has 2 aromatic carbocycles. The van der Waals surface area contributed by atoms with Crippen molar-refractivity contribution in [1.29, 1.82) is 0 Å². The van der Waals surface area contributed by atoms with Gasteiger partial charge in [-0.05, 0) is 55.4 Å². The number of carbonyl (C=O) groups is 4. The second-order valence-corrected chi connectivity index (χ2v) is 13.8. The highest BCUT2D eigenvalue weighted by molar-refractivity contribution is 6.06. The molecule has 2 fully saturated rings. The van der Waals surface area contributed by atoms with Gasteiger partial charge in [-0.1, -0.05) is 80.6 Å². The molecule has 48 heavy (non-hydrogen) atoms. The van der Waals surface area contributed by atoms with Crippen molar-refractivity contribution in [3.8, 4) is 0 Å². The molecule has 0 radical (unpaired) electrons. The van der Waals surface area contributed by atoms with E-state index in [2.05, 4.69) is 5.32 Å². The molecule has 3 amide bonds. The third-order valence-corrected chi connectivity index (χ3v) is 10.0. The number of rotatable bonds is 6. The van der Waals surface area contributed by atoms with Crippen LogP contribution in [0.1, 0.15) is 55.8 Å². The van der Waals surface area contributed by atoms with Crippen molar-refractivity contribution >= 4 is 29.4 Å². The second kappa shape index (κ2) is 13.7. The SMILES string of the molecule is Cc1ccc(C)c(N2CC=C[C@@]34O[C@H]5/C=C\CCC(=O)OC[C@H](c6ccccc6)NC(=O)[C@H]5[C@@H]3C(=O)N([C@@H](CO)CC(C)C)[C@H]4C2=O)c1. The smallest absolute Gasteiger partial charge is 0.306 e. The number of aliphatic hydroxyl groups is 1. The maximum absolute atomic E-state index is 14.9. The molecule has 2 saturated heterocycles. The van der Waals surface area contributed by atoms with Gasteiger partial charge in [0.1, 0.15) is 18.2 Å². The molecule has 2 N–H and O–H groups in total. The number of aliphatic hydroxyl groups excluding tert-OH is 1. The number of nitrogens with zero attached hydrogens (tertiary/aromatic N) is 2. The Hall–Kier alpha value is -4.28. The number of amides is 3. The van der Waals surface area contributed by atoms with Crippen LogP contribution in [-0.4, -0.2) is 77.2 Å². The number of nitrogens with one attached hydrogen (secondary N) is 1. The van der Waals surface area contributed by atoms with Crippen molar-refractivity contribution in [2.75, 3.05) is 24.7 Å². The lowest BCUT2D eigenvalue weighted by Crippen LogP contribution is -2.58. The Balaban J connectivity index is 1.47. The number of likely N-dealkylation sites (tertiary alicyclic amines) is 1. The fourth-order valence-electron chi connectivity index (χ4n) is 7.82. The minimum absolute atomic E-state index is 0.0702. The Morgan fingerprint density at radius 1 is 1.02 bits per heavy atom. The van der Waals surface area contributed by atoms with Gasteiger partial charge in [0.25, 0.3) is 5.91 Å². The summed E-state index contributed by atoms with van der Waals surface area (Å²) in [6.07, 6.45) is 7.29. The van der Waals surface area contributed by atoms with E-state index in [-0.39, 0.29) is 44.0 Å². The molecule has 0 bridgehead atoms. The van der Waals surface area contributed by atoms with Gasteiger partial charge >= 0.3 is 5.97 Å². The number of benzene rings is 2. The molecule has 0 unspecified atom stereocenters. The molecule has 10 heteroatoms. The van der Waals surface area contributed by atoms with E-state index in [4.69, 9.17) is 9.47 Å². The standard InChI is InChI=1S/C38H45N3O7/c1-23(2)19-27(21-42)41-34-37(46)40(29-20-24(3)15-16-25(29)4)18-10-17-38(34)33(36(41)45)32-30(48-38)13-8-9-14-31(43)47-22-28(39-35(32)44)26-11-6-5-7-12-26/h5-8,10-13,15-17,20,23,27-28,30,32-34,42H,9,14,18-19,21-22H2,1-4H3,(H,39,44)/b13-8-/t27-,28-,30+,32-,33-,34+,38-/m1/s1. The predicted molar refractivity (Wildman–Crippen MR) is 180 cm³/mol. The molecule has 0 saturated carbocycles. The van der Waals surface area contributed by atoms with Crippen molar-refractivity contribution in [2.45, 2.75) is 76.8 Å². The number of hydrogen-bond donors (Lipinski definition) is 2. The number of fused-ring (bicyclic) bond motifs is 2. The first-order valence-electron chi connectivity index (χ1n) is 16.9. The molecule has 0 aliphatic carbocycles. The van der Waals surface area contributed by atoms with Crippen LogP contribution in [0.2, 0.25) is 0 Å². The molecule has 1 spiro atoms. The number of ether oxygens (including phenoxy) is 2. The zero-order valence-electron chi connectivity index (χ0n) is 28.0. The van der Waals surface area contributed by atoms with Crippen molar-refractivity contribution in [3.63, 3.8) is 0 Å². The second-order valence-electron chi connectivity index (χ2n) is 13.8. The summed E-state index contributed by atoms with van der Waals surface area (Å²) in [5, 5.41) is 13.8. The van der Waals surface area contributed by atoms with Crippen LogP contribution in [0.15, 0.2) is 72.8 Å². The van der Waals surface area contributed by atoms with Crippen molar-refractivity contribution < 1.29 is 33.8 Å². The van der Waals surface area contributed by atoms with E-state index in [1.165, 1.54) is 4.90 Å². The number of cyclic esters (lactones) is 1. The summed E-state index contributed by atoms with van der Waals surface area (Å²) in [5.41, 5.74) is 1.91. The van der Waals surface area contributed by atoms with Crippen molar-refractivity contribution in [3.05, 3.63) is 89.5 Å². The van der Waals surface area contributed by atoms with E-state index in [1.807, 2.05) is 82.3 Å². The fourth-order valence-corrected chi connectivity index (χ4v) is 7.82. The third-order valence-electron chi connectivity index (χ3n) is 10.0. The largest absolute Gasteiger partial charge is 0.463 e. The van der Waals surface area contributed by atoms with E-state index in [0.29, 0.717) is 12.8 Å². The average Bonchev–Trinajstić information content (AvgIpc) is 3.45. The maximum atomic E-state index is 14.9. The molecular weight excluding hydrogens is 610 g/mol. The lowest BCUT2D eigenvalue weighted by Gasteiger charge is -2.39. The number of esters is 1. The van der Waals surface area contributed by atoms with Crippen LogP contribution >= 0.6 is 0 Å². The fraction of sp³-hybridized carbons (Fsp3) is 0.474. The van der Waals surface area contributed by atoms with Crippen LogP contribution < -0.4 is 10.2 Å².